The van der Waals surface area contributed by atoms with E-state index in [9.17, 15) is 4.79 Å². The molecule has 1 rings (SSSR count). The van der Waals surface area contributed by atoms with Gasteiger partial charge in [0.25, 0.3) is 5.97 Å². The smallest absolute Gasteiger partial charge is 0.292 e. The average molecular weight is 645 g/mol. The topological polar surface area (TPSA) is 87.9 Å². The molecule has 0 aliphatic heterocycles. The van der Waals surface area contributed by atoms with E-state index in [-0.39, 0.29) is 24.1 Å². The van der Waals surface area contributed by atoms with Gasteiger partial charge in [0.15, 0.2) is 16.6 Å². The summed E-state index contributed by atoms with van der Waals surface area (Å²) in [4.78, 5) is 22.8. The van der Waals surface area contributed by atoms with Crippen LogP contribution in [0.2, 0.25) is 58.9 Å². The zero-order valence-electron chi connectivity index (χ0n) is 29.1. The molecule has 0 aromatic heterocycles. The molecule has 11 heteroatoms. The van der Waals surface area contributed by atoms with Crippen LogP contribution in [0.15, 0.2) is 10.3 Å². The van der Waals surface area contributed by atoms with Crippen molar-refractivity contribution >= 4 is 42.3 Å². The molecule has 4 atom stereocenters. The van der Waals surface area contributed by atoms with Crippen molar-refractivity contribution in [3.8, 4) is 0 Å². The van der Waals surface area contributed by atoms with E-state index >= 15 is 0 Å². The number of hydrogen-bond acceptors (Lipinski definition) is 8. The molecule has 0 aromatic rings. The first kappa shape index (κ1) is 39.0. The summed E-state index contributed by atoms with van der Waals surface area (Å²) >= 11 is 0. The monoisotopic (exact) mass is 644 g/mol. The zero-order chi connectivity index (χ0) is 32.0. The number of rotatable bonds is 21. The van der Waals surface area contributed by atoms with Crippen LogP contribution in [0.1, 0.15) is 84.0 Å². The second-order valence-corrected chi connectivity index (χ2v) is 28.1. The summed E-state index contributed by atoms with van der Waals surface area (Å²) in [7, 11) is -2.18. The number of nitrogens with zero attached hydrogens (tertiary/aromatic N) is 2. The molecule has 1 aliphatic rings. The number of carbonyl (C=O) groups excluding carboxylic acids is 1. The normalized spacial score (nSPS) is 22.4. The molecule has 1 saturated carbocycles. The van der Waals surface area contributed by atoms with Crippen LogP contribution in [0.25, 0.3) is 0 Å². The van der Waals surface area contributed by atoms with Gasteiger partial charge in [-0.25, -0.2) is 0 Å². The fourth-order valence-corrected chi connectivity index (χ4v) is 8.97. The van der Waals surface area contributed by atoms with Crippen molar-refractivity contribution in [2.24, 2.45) is 22.1 Å². The highest BCUT2D eigenvalue weighted by atomic mass is 28.4. The fourth-order valence-electron chi connectivity index (χ4n) is 5.83. The summed E-state index contributed by atoms with van der Waals surface area (Å²) in [6.07, 6.45) is 11.3. The van der Waals surface area contributed by atoms with E-state index in [4.69, 9.17) is 23.0 Å². The van der Waals surface area contributed by atoms with Crippen molar-refractivity contribution in [3.63, 3.8) is 0 Å². The van der Waals surface area contributed by atoms with Gasteiger partial charge in [0.2, 0.25) is 8.32 Å². The van der Waals surface area contributed by atoms with Crippen molar-refractivity contribution in [1.82, 2.24) is 0 Å². The van der Waals surface area contributed by atoms with Gasteiger partial charge in [-0.3, -0.25) is 4.79 Å². The van der Waals surface area contributed by atoms with Gasteiger partial charge >= 0.3 is 0 Å². The molecular weight excluding hydrogens is 581 g/mol. The number of carbonyl (C=O) groups is 1. The van der Waals surface area contributed by atoms with E-state index in [1.807, 2.05) is 19.6 Å². The van der Waals surface area contributed by atoms with Crippen LogP contribution in [0.3, 0.4) is 0 Å². The Morgan fingerprint density at radius 1 is 0.667 bits per heavy atom. The Hall–Kier alpha value is -1.02. The summed E-state index contributed by atoms with van der Waals surface area (Å²) in [6, 6.07) is 0. The Morgan fingerprint density at radius 2 is 1.17 bits per heavy atom. The van der Waals surface area contributed by atoms with Crippen molar-refractivity contribution < 1.29 is 27.7 Å². The summed E-state index contributed by atoms with van der Waals surface area (Å²) in [6.45, 7) is 22.0. The van der Waals surface area contributed by atoms with Gasteiger partial charge in [0.05, 0.1) is 23.6 Å². The summed E-state index contributed by atoms with van der Waals surface area (Å²) in [5.41, 5.74) is 2.18. The van der Waals surface area contributed by atoms with Gasteiger partial charge < -0.3 is 23.0 Å². The van der Waals surface area contributed by atoms with E-state index in [1.54, 1.807) is 14.2 Å². The van der Waals surface area contributed by atoms with Crippen LogP contribution in [0, 0.1) is 11.8 Å². The molecule has 0 amide bonds. The SMILES string of the molecule is CCCCC/C(CC[C@@H]1[C@@H](C/C(CCCCC(=O)O[Si](C)(C)C)=N/OC)[C@@H](O[Si](C)(C)C)C[C@H]1O[Si](C)(C)C)=N/OC. The molecule has 1 aliphatic carbocycles. The minimum atomic E-state index is -1.86. The summed E-state index contributed by atoms with van der Waals surface area (Å²) < 4.78 is 19.4. The van der Waals surface area contributed by atoms with E-state index in [0.29, 0.717) is 12.3 Å². The number of oxime groups is 2. The highest BCUT2D eigenvalue weighted by Gasteiger charge is 2.47. The lowest BCUT2D eigenvalue weighted by molar-refractivity contribution is -0.135. The van der Waals surface area contributed by atoms with E-state index in [1.165, 1.54) is 12.8 Å². The Kier molecular flexibility index (Phi) is 17.4. The van der Waals surface area contributed by atoms with Crippen LogP contribution in [-0.2, 0) is 27.7 Å². The Bertz CT molecular complexity index is 849. The van der Waals surface area contributed by atoms with Gasteiger partial charge in [0.1, 0.15) is 14.2 Å². The molecule has 0 radical (unpaired) electrons. The molecular formula is C31H64N2O6Si3. The molecule has 1 fully saturated rings. The van der Waals surface area contributed by atoms with Crippen molar-refractivity contribution in [2.75, 3.05) is 14.2 Å². The quantitative estimate of drug-likeness (QED) is 0.0537. The van der Waals surface area contributed by atoms with Crippen LogP contribution < -0.4 is 0 Å². The van der Waals surface area contributed by atoms with E-state index in [0.717, 1.165) is 69.2 Å². The third-order valence-electron chi connectivity index (χ3n) is 7.24. The molecule has 0 heterocycles. The zero-order valence-corrected chi connectivity index (χ0v) is 32.1. The maximum atomic E-state index is 12.2. The molecule has 0 aromatic carbocycles. The van der Waals surface area contributed by atoms with Crippen molar-refractivity contribution in [3.05, 3.63) is 0 Å². The highest BCUT2D eigenvalue weighted by Crippen LogP contribution is 2.44. The molecule has 0 saturated heterocycles. The predicted octanol–water partition coefficient (Wildman–Crippen LogP) is 8.76. The van der Waals surface area contributed by atoms with Crippen molar-refractivity contribution in [2.45, 2.75) is 155 Å². The lowest BCUT2D eigenvalue weighted by atomic mass is 9.84. The highest BCUT2D eigenvalue weighted by molar-refractivity contribution is 6.71. The predicted molar refractivity (Wildman–Crippen MR) is 183 cm³/mol. The van der Waals surface area contributed by atoms with Crippen LogP contribution in [0.4, 0.5) is 0 Å². The van der Waals surface area contributed by atoms with Gasteiger partial charge in [-0.1, -0.05) is 30.1 Å². The second-order valence-electron chi connectivity index (χ2n) is 14.8. The van der Waals surface area contributed by atoms with Crippen LogP contribution in [-0.4, -0.2) is 68.8 Å². The largest absolute Gasteiger partial charge is 0.520 e. The third kappa shape index (κ3) is 17.3. The minimum Gasteiger partial charge on any atom is -0.520 e. The minimum absolute atomic E-state index is 0.0855. The van der Waals surface area contributed by atoms with E-state index < -0.39 is 25.0 Å². The first-order chi connectivity index (χ1) is 19.5. The van der Waals surface area contributed by atoms with Crippen LogP contribution >= 0.6 is 0 Å². The molecule has 0 spiro atoms. The Labute approximate surface area is 261 Å². The van der Waals surface area contributed by atoms with Crippen molar-refractivity contribution in [1.29, 1.82) is 0 Å². The summed E-state index contributed by atoms with van der Waals surface area (Å²) in [5.74, 6) is 0.529. The van der Waals surface area contributed by atoms with Gasteiger partial charge in [-0.2, -0.15) is 0 Å². The lowest BCUT2D eigenvalue weighted by Gasteiger charge is -2.32. The molecule has 0 unspecified atom stereocenters. The molecule has 246 valence electrons. The van der Waals surface area contributed by atoms with Gasteiger partial charge in [-0.05, 0) is 129 Å². The molecule has 0 N–H and O–H groups in total. The first-order valence-electron chi connectivity index (χ1n) is 16.2. The molecule has 42 heavy (non-hydrogen) atoms. The first-order valence-corrected chi connectivity index (χ1v) is 26.5. The fraction of sp³-hybridized carbons (Fsp3) is 0.903. The maximum Gasteiger partial charge on any atom is 0.292 e. The molecule has 0 bridgehead atoms. The maximum absolute atomic E-state index is 12.2. The van der Waals surface area contributed by atoms with E-state index in [2.05, 4.69) is 56.5 Å². The average Bonchev–Trinajstić information content (AvgIpc) is 3.11. The second kappa shape index (κ2) is 18.7. The standard InChI is InChI=1S/C31H64N2O6Si3/c1-13-14-15-18-25(32-35-2)21-22-27-28(30(38-41(7,8)9)24-29(27)37-40(4,5)6)23-26(33-36-3)19-16-17-20-31(34)39-42(10,11)12/h27-30H,13-24H2,1-12H3/b32-25-,33-26+/t27-,28-,29-,30+/m1/s1. The summed E-state index contributed by atoms with van der Waals surface area (Å²) in [5, 5.41) is 8.91. The lowest BCUT2D eigenvalue weighted by Crippen LogP contribution is -2.36. The number of hydrogen-bond donors (Lipinski definition) is 0. The Morgan fingerprint density at radius 3 is 1.69 bits per heavy atom. The number of unbranched alkanes of at least 4 members (excludes halogenated alkanes) is 3. The Balaban J connectivity index is 3.15. The third-order valence-corrected chi connectivity index (χ3v) is 10.1. The van der Waals surface area contributed by atoms with Gasteiger partial charge in [0, 0.05) is 6.42 Å². The van der Waals surface area contributed by atoms with Gasteiger partial charge in [-0.15, -0.1) is 0 Å². The van der Waals surface area contributed by atoms with Crippen LogP contribution in [0.5, 0.6) is 0 Å². The molecule has 8 nitrogen and oxygen atoms in total.